The van der Waals surface area contributed by atoms with Crippen LogP contribution in [0.25, 0.3) is 0 Å². The Labute approximate surface area is 143 Å². The van der Waals surface area contributed by atoms with E-state index >= 15 is 0 Å². The Morgan fingerprint density at radius 1 is 1.16 bits per heavy atom. The zero-order valence-corrected chi connectivity index (χ0v) is 13.9. The number of rotatable bonds is 6. The zero-order valence-electron chi connectivity index (χ0n) is 13.9. The standard InChI is InChI=1S/C10H19NO4.C4H6O6/c1-10(2)14-8-6(11)5-7(9(8)15-10)13-4-3-12;5-1(3(7)8)2(6)4(9)10/h6-9,12H,3-5,11H2,1-2H3;1-2,5-6H,(H,7,8)(H,9,10)/t6-,7+,8+,9-;/m0./s1. The molecular weight excluding hydrogens is 342 g/mol. The molecule has 0 aromatic rings. The maximum absolute atomic E-state index is 9.77. The molecule has 11 heteroatoms. The zero-order chi connectivity index (χ0) is 19.4. The minimum atomic E-state index is -2.27. The fraction of sp³-hybridized carbons (Fsp3) is 0.857. The number of hydrogen-bond donors (Lipinski definition) is 6. The van der Waals surface area contributed by atoms with Crippen molar-refractivity contribution in [2.75, 3.05) is 13.2 Å². The van der Waals surface area contributed by atoms with Gasteiger partial charge in [0.05, 0.1) is 19.3 Å². The second-order valence-corrected chi connectivity index (χ2v) is 6.16. The van der Waals surface area contributed by atoms with Crippen molar-refractivity contribution in [3.05, 3.63) is 0 Å². The summed E-state index contributed by atoms with van der Waals surface area (Å²) >= 11 is 0. The highest BCUT2D eigenvalue weighted by Gasteiger charge is 2.53. The smallest absolute Gasteiger partial charge is 0.335 e. The number of carboxylic acid groups (broad SMARTS) is 2. The van der Waals surface area contributed by atoms with Gasteiger partial charge in [0.15, 0.2) is 18.0 Å². The van der Waals surface area contributed by atoms with Gasteiger partial charge in [-0.3, -0.25) is 0 Å². The van der Waals surface area contributed by atoms with Crippen LogP contribution < -0.4 is 5.73 Å². The molecule has 0 amide bonds. The molecule has 0 radical (unpaired) electrons. The van der Waals surface area contributed by atoms with Crippen LogP contribution in [0.4, 0.5) is 0 Å². The molecule has 2 fully saturated rings. The lowest BCUT2D eigenvalue weighted by Gasteiger charge is -2.22. The van der Waals surface area contributed by atoms with Crippen molar-refractivity contribution >= 4 is 11.9 Å². The van der Waals surface area contributed by atoms with Gasteiger partial charge < -0.3 is 45.5 Å². The van der Waals surface area contributed by atoms with E-state index in [2.05, 4.69) is 0 Å². The monoisotopic (exact) mass is 367 g/mol. The number of aliphatic hydroxyl groups excluding tert-OH is 3. The number of aliphatic carboxylic acids is 2. The van der Waals surface area contributed by atoms with Gasteiger partial charge in [0.25, 0.3) is 0 Å². The van der Waals surface area contributed by atoms with Crippen LogP contribution >= 0.6 is 0 Å². The lowest BCUT2D eigenvalue weighted by Crippen LogP contribution is -2.39. The number of ether oxygens (including phenoxy) is 3. The van der Waals surface area contributed by atoms with Crippen molar-refractivity contribution < 1.29 is 49.3 Å². The highest BCUT2D eigenvalue weighted by atomic mass is 16.8. The number of carbonyl (C=O) groups is 2. The van der Waals surface area contributed by atoms with E-state index in [-0.39, 0.29) is 31.0 Å². The van der Waals surface area contributed by atoms with Crippen molar-refractivity contribution in [2.24, 2.45) is 5.73 Å². The lowest BCUT2D eigenvalue weighted by molar-refractivity contribution is -0.168. The number of fused-ring (bicyclic) bond motifs is 1. The third-order valence-corrected chi connectivity index (χ3v) is 3.68. The summed E-state index contributed by atoms with van der Waals surface area (Å²) in [6.45, 7) is 4.10. The van der Waals surface area contributed by atoms with Crippen LogP contribution in [0.15, 0.2) is 0 Å². The van der Waals surface area contributed by atoms with Gasteiger partial charge in [0.2, 0.25) is 0 Å². The molecule has 0 aromatic carbocycles. The molecule has 6 atom stereocenters. The van der Waals surface area contributed by atoms with Crippen molar-refractivity contribution in [1.82, 2.24) is 0 Å². The number of nitrogens with two attached hydrogens (primary N) is 1. The van der Waals surface area contributed by atoms with Gasteiger partial charge in [0.1, 0.15) is 12.2 Å². The van der Waals surface area contributed by atoms with Crippen molar-refractivity contribution in [1.29, 1.82) is 0 Å². The van der Waals surface area contributed by atoms with Gasteiger partial charge in [-0.05, 0) is 20.3 Å². The molecule has 146 valence electrons. The number of aliphatic hydroxyl groups is 3. The molecule has 2 unspecified atom stereocenters. The Hall–Kier alpha value is -1.34. The molecule has 7 N–H and O–H groups in total. The fourth-order valence-corrected chi connectivity index (χ4v) is 2.61. The predicted octanol–water partition coefficient (Wildman–Crippen LogP) is -2.51. The van der Waals surface area contributed by atoms with E-state index in [0.717, 1.165) is 6.42 Å². The van der Waals surface area contributed by atoms with Gasteiger partial charge in [0, 0.05) is 6.04 Å². The summed E-state index contributed by atoms with van der Waals surface area (Å²) < 4.78 is 16.9. The first-order valence-electron chi connectivity index (χ1n) is 7.65. The third-order valence-electron chi connectivity index (χ3n) is 3.68. The van der Waals surface area contributed by atoms with Gasteiger partial charge >= 0.3 is 11.9 Å². The molecule has 25 heavy (non-hydrogen) atoms. The topological polar surface area (TPSA) is 189 Å². The van der Waals surface area contributed by atoms with Crippen LogP contribution in [-0.4, -0.2) is 93.0 Å². The summed E-state index contributed by atoms with van der Waals surface area (Å²) in [5, 5.41) is 41.2. The van der Waals surface area contributed by atoms with E-state index in [9.17, 15) is 9.59 Å². The molecule has 1 heterocycles. The predicted molar refractivity (Wildman–Crippen MR) is 80.5 cm³/mol. The SMILES string of the molecule is CC1(C)O[C@@H]2[C@H](O1)[C@@H](N)C[C@H]2OCCO.O=C(O)C(O)C(O)C(=O)O. The van der Waals surface area contributed by atoms with E-state index in [1.165, 1.54) is 0 Å². The molecule has 0 bridgehead atoms. The molecular formula is C14H25NO10. The van der Waals surface area contributed by atoms with Crippen LogP contribution in [0, 0.1) is 0 Å². The van der Waals surface area contributed by atoms with Gasteiger partial charge in [-0.25, -0.2) is 9.59 Å². The number of hydrogen-bond acceptors (Lipinski definition) is 9. The van der Waals surface area contributed by atoms with Gasteiger partial charge in [-0.1, -0.05) is 0 Å². The average molecular weight is 367 g/mol. The van der Waals surface area contributed by atoms with Crippen molar-refractivity contribution in [3.8, 4) is 0 Å². The van der Waals surface area contributed by atoms with E-state index in [1.807, 2.05) is 13.8 Å². The van der Waals surface area contributed by atoms with Gasteiger partial charge in [-0.15, -0.1) is 0 Å². The van der Waals surface area contributed by atoms with Crippen LogP contribution in [0.1, 0.15) is 20.3 Å². The maximum atomic E-state index is 9.77. The molecule has 1 aliphatic heterocycles. The molecule has 2 aliphatic rings. The lowest BCUT2D eigenvalue weighted by atomic mass is 10.2. The molecule has 1 aliphatic carbocycles. The van der Waals surface area contributed by atoms with Crippen LogP contribution in [0.3, 0.4) is 0 Å². The van der Waals surface area contributed by atoms with Crippen molar-refractivity contribution in [2.45, 2.75) is 62.6 Å². The quantitative estimate of drug-likeness (QED) is 0.291. The molecule has 11 nitrogen and oxygen atoms in total. The van der Waals surface area contributed by atoms with Crippen LogP contribution in [-0.2, 0) is 23.8 Å². The maximum Gasteiger partial charge on any atom is 0.335 e. The largest absolute Gasteiger partial charge is 0.479 e. The first-order chi connectivity index (χ1) is 11.5. The minimum Gasteiger partial charge on any atom is -0.479 e. The fourth-order valence-electron chi connectivity index (χ4n) is 2.61. The highest BCUT2D eigenvalue weighted by molar-refractivity contribution is 5.83. The van der Waals surface area contributed by atoms with Crippen LogP contribution in [0.2, 0.25) is 0 Å². The van der Waals surface area contributed by atoms with E-state index in [0.29, 0.717) is 6.61 Å². The molecule has 0 spiro atoms. The Kier molecular flexibility index (Phi) is 7.68. The van der Waals surface area contributed by atoms with E-state index in [4.69, 9.17) is 45.5 Å². The summed E-state index contributed by atoms with van der Waals surface area (Å²) in [4.78, 5) is 19.5. The minimum absolute atomic E-state index is 0.0212. The normalized spacial score (nSPS) is 32.2. The van der Waals surface area contributed by atoms with Gasteiger partial charge in [-0.2, -0.15) is 0 Å². The summed E-state index contributed by atoms with van der Waals surface area (Å²) in [7, 11) is 0. The first kappa shape index (κ1) is 21.7. The number of carboxylic acids is 2. The third kappa shape index (κ3) is 5.85. The second kappa shape index (κ2) is 8.85. The Balaban J connectivity index is 0.000000275. The molecule has 0 aromatic heterocycles. The summed E-state index contributed by atoms with van der Waals surface area (Å²) in [6.07, 6.45) is -4.04. The summed E-state index contributed by atoms with van der Waals surface area (Å²) in [5.41, 5.74) is 5.96. The molecule has 1 saturated carbocycles. The summed E-state index contributed by atoms with van der Waals surface area (Å²) in [6, 6.07) is -0.0412. The average Bonchev–Trinajstić information content (AvgIpc) is 2.98. The van der Waals surface area contributed by atoms with Crippen molar-refractivity contribution in [3.63, 3.8) is 0 Å². The molecule has 1 saturated heterocycles. The first-order valence-corrected chi connectivity index (χ1v) is 7.65. The van der Waals surface area contributed by atoms with Crippen LogP contribution in [0.5, 0.6) is 0 Å². The van der Waals surface area contributed by atoms with E-state index in [1.54, 1.807) is 0 Å². The molecule has 2 rings (SSSR count). The Morgan fingerprint density at radius 3 is 2.08 bits per heavy atom. The second-order valence-electron chi connectivity index (χ2n) is 6.16. The highest BCUT2D eigenvalue weighted by Crippen LogP contribution is 2.38. The summed E-state index contributed by atoms with van der Waals surface area (Å²) in [5.74, 6) is -4.11. The Bertz CT molecular complexity index is 453. The van der Waals surface area contributed by atoms with E-state index < -0.39 is 29.9 Å². The Morgan fingerprint density at radius 2 is 1.64 bits per heavy atom.